The summed E-state index contributed by atoms with van der Waals surface area (Å²) >= 11 is 0. The number of anilines is 1. The summed E-state index contributed by atoms with van der Waals surface area (Å²) in [5.74, 6) is -1.29. The highest BCUT2D eigenvalue weighted by atomic mass is 16.4. The first-order chi connectivity index (χ1) is 10.1. The number of hydrogen-bond acceptors (Lipinski definition) is 3. The first-order valence-corrected chi connectivity index (χ1v) is 7.52. The molecule has 0 aromatic heterocycles. The smallest absolute Gasteiger partial charge is 0.326 e. The van der Waals surface area contributed by atoms with Crippen LogP contribution in [-0.2, 0) is 11.2 Å². The number of rotatable bonds is 6. The average molecular weight is 290 g/mol. The molecule has 0 saturated heterocycles. The second kappa shape index (κ2) is 7.11. The van der Waals surface area contributed by atoms with E-state index in [-0.39, 0.29) is 5.91 Å². The van der Waals surface area contributed by atoms with Crippen molar-refractivity contribution >= 4 is 17.6 Å². The molecule has 0 bridgehead atoms. The normalized spacial score (nSPS) is 14.7. The number of benzene rings is 1. The number of carbonyl (C=O) groups is 2. The van der Waals surface area contributed by atoms with Gasteiger partial charge in [0, 0.05) is 17.8 Å². The summed E-state index contributed by atoms with van der Waals surface area (Å²) < 4.78 is 0. The van der Waals surface area contributed by atoms with Crippen molar-refractivity contribution in [3.8, 4) is 0 Å². The molecule has 1 aliphatic heterocycles. The van der Waals surface area contributed by atoms with E-state index in [1.54, 1.807) is 6.07 Å². The highest BCUT2D eigenvalue weighted by molar-refractivity contribution is 5.97. The van der Waals surface area contributed by atoms with Crippen molar-refractivity contribution in [1.29, 1.82) is 0 Å². The maximum Gasteiger partial charge on any atom is 0.326 e. The van der Waals surface area contributed by atoms with Crippen LogP contribution in [0.15, 0.2) is 18.2 Å². The van der Waals surface area contributed by atoms with Crippen LogP contribution in [0.4, 0.5) is 5.69 Å². The molecule has 0 spiro atoms. The summed E-state index contributed by atoms with van der Waals surface area (Å²) in [6, 6.07) is 4.68. The fourth-order valence-electron chi connectivity index (χ4n) is 2.52. The lowest BCUT2D eigenvalue weighted by Crippen LogP contribution is -2.40. The topological polar surface area (TPSA) is 78.4 Å². The van der Waals surface area contributed by atoms with Crippen molar-refractivity contribution in [1.82, 2.24) is 5.32 Å². The Labute approximate surface area is 124 Å². The van der Waals surface area contributed by atoms with Crippen LogP contribution in [0.25, 0.3) is 0 Å². The summed E-state index contributed by atoms with van der Waals surface area (Å²) in [4.78, 5) is 23.4. The largest absolute Gasteiger partial charge is 0.480 e. The first-order valence-electron chi connectivity index (χ1n) is 7.52. The van der Waals surface area contributed by atoms with Gasteiger partial charge in [-0.2, -0.15) is 0 Å². The number of carboxylic acids is 1. The Balaban J connectivity index is 2.06. The summed E-state index contributed by atoms with van der Waals surface area (Å²) in [7, 11) is 0. The van der Waals surface area contributed by atoms with Crippen molar-refractivity contribution in [2.24, 2.45) is 0 Å². The van der Waals surface area contributed by atoms with Gasteiger partial charge in [0.25, 0.3) is 5.91 Å². The zero-order valence-electron chi connectivity index (χ0n) is 12.3. The van der Waals surface area contributed by atoms with Crippen molar-refractivity contribution in [2.75, 3.05) is 11.9 Å². The summed E-state index contributed by atoms with van der Waals surface area (Å²) in [5, 5.41) is 15.1. The molecule has 1 heterocycles. The third kappa shape index (κ3) is 3.97. The lowest BCUT2D eigenvalue weighted by Gasteiger charge is -2.19. The van der Waals surface area contributed by atoms with Gasteiger partial charge in [-0.15, -0.1) is 0 Å². The van der Waals surface area contributed by atoms with Crippen LogP contribution >= 0.6 is 0 Å². The Morgan fingerprint density at radius 3 is 2.95 bits per heavy atom. The van der Waals surface area contributed by atoms with E-state index in [4.69, 9.17) is 5.11 Å². The van der Waals surface area contributed by atoms with Gasteiger partial charge in [0.2, 0.25) is 0 Å². The average Bonchev–Trinajstić information content (AvgIpc) is 2.50. The molecular weight excluding hydrogens is 268 g/mol. The van der Waals surface area contributed by atoms with E-state index in [0.717, 1.165) is 43.5 Å². The molecule has 0 fully saturated rings. The minimum atomic E-state index is -0.976. The van der Waals surface area contributed by atoms with Crippen molar-refractivity contribution in [2.45, 2.75) is 45.1 Å². The molecule has 0 radical (unpaired) electrons. The standard InChI is InChI=1S/C16H22N2O3/c1-2-3-6-14(16(20)21)18-15(19)12-7-8-13-11(10-12)5-4-9-17-13/h7-8,10,14,17H,2-6,9H2,1H3,(H,18,19)(H,20,21). The highest BCUT2D eigenvalue weighted by Gasteiger charge is 2.20. The van der Waals surface area contributed by atoms with Gasteiger partial charge in [-0.05, 0) is 43.0 Å². The summed E-state index contributed by atoms with van der Waals surface area (Å²) in [5.41, 5.74) is 2.72. The predicted octanol–water partition coefficient (Wildman–Crippen LogP) is 2.42. The van der Waals surface area contributed by atoms with Crippen LogP contribution in [-0.4, -0.2) is 29.6 Å². The van der Waals surface area contributed by atoms with E-state index in [1.165, 1.54) is 0 Å². The fourth-order valence-corrected chi connectivity index (χ4v) is 2.52. The van der Waals surface area contributed by atoms with E-state index in [2.05, 4.69) is 10.6 Å². The van der Waals surface area contributed by atoms with E-state index in [1.807, 2.05) is 19.1 Å². The van der Waals surface area contributed by atoms with Gasteiger partial charge in [-0.3, -0.25) is 4.79 Å². The molecule has 1 unspecified atom stereocenters. The van der Waals surface area contributed by atoms with Crippen molar-refractivity contribution in [3.05, 3.63) is 29.3 Å². The van der Waals surface area contributed by atoms with Gasteiger partial charge >= 0.3 is 5.97 Å². The number of hydrogen-bond donors (Lipinski definition) is 3. The Morgan fingerprint density at radius 2 is 2.24 bits per heavy atom. The molecule has 1 atom stereocenters. The van der Waals surface area contributed by atoms with Crippen LogP contribution in [0.3, 0.4) is 0 Å². The molecule has 0 saturated carbocycles. The number of nitrogens with one attached hydrogen (secondary N) is 2. The molecule has 1 aromatic carbocycles. The van der Waals surface area contributed by atoms with E-state index in [9.17, 15) is 9.59 Å². The maximum atomic E-state index is 12.2. The number of carbonyl (C=O) groups excluding carboxylic acids is 1. The quantitative estimate of drug-likeness (QED) is 0.752. The second-order valence-corrected chi connectivity index (χ2v) is 5.41. The molecular formula is C16H22N2O3. The van der Waals surface area contributed by atoms with Gasteiger partial charge in [0.15, 0.2) is 0 Å². The number of aliphatic carboxylic acids is 1. The van der Waals surface area contributed by atoms with Gasteiger partial charge in [-0.1, -0.05) is 19.8 Å². The van der Waals surface area contributed by atoms with Gasteiger partial charge < -0.3 is 15.7 Å². The molecule has 1 aliphatic rings. The summed E-state index contributed by atoms with van der Waals surface area (Å²) in [6.07, 6.45) is 4.15. The monoisotopic (exact) mass is 290 g/mol. The molecule has 5 nitrogen and oxygen atoms in total. The zero-order chi connectivity index (χ0) is 15.2. The maximum absolute atomic E-state index is 12.2. The van der Waals surface area contributed by atoms with Crippen LogP contribution in [0.1, 0.15) is 48.5 Å². The molecule has 3 N–H and O–H groups in total. The van der Waals surface area contributed by atoms with Gasteiger partial charge in [0.1, 0.15) is 6.04 Å². The Hall–Kier alpha value is -2.04. The molecule has 5 heteroatoms. The minimum absolute atomic E-state index is 0.313. The number of carboxylic acid groups (broad SMARTS) is 1. The molecule has 1 amide bonds. The SMILES string of the molecule is CCCCC(NC(=O)c1ccc2c(c1)CCCN2)C(=O)O. The second-order valence-electron chi connectivity index (χ2n) is 5.41. The Morgan fingerprint density at radius 1 is 1.43 bits per heavy atom. The Bertz CT molecular complexity index is 528. The fraction of sp³-hybridized carbons (Fsp3) is 0.500. The van der Waals surface area contributed by atoms with E-state index in [0.29, 0.717) is 12.0 Å². The van der Waals surface area contributed by atoms with E-state index >= 15 is 0 Å². The van der Waals surface area contributed by atoms with Crippen molar-refractivity contribution < 1.29 is 14.7 Å². The molecule has 2 rings (SSSR count). The number of aryl methyl sites for hydroxylation is 1. The third-order valence-electron chi connectivity index (χ3n) is 3.76. The van der Waals surface area contributed by atoms with E-state index < -0.39 is 12.0 Å². The lowest BCUT2D eigenvalue weighted by molar-refractivity contribution is -0.139. The molecule has 114 valence electrons. The number of amides is 1. The third-order valence-corrected chi connectivity index (χ3v) is 3.76. The lowest BCUT2D eigenvalue weighted by atomic mass is 10.00. The Kier molecular flexibility index (Phi) is 5.20. The minimum Gasteiger partial charge on any atom is -0.480 e. The molecule has 0 aliphatic carbocycles. The van der Waals surface area contributed by atoms with Gasteiger partial charge in [-0.25, -0.2) is 4.79 Å². The number of fused-ring (bicyclic) bond motifs is 1. The molecule has 21 heavy (non-hydrogen) atoms. The van der Waals surface area contributed by atoms with Crippen LogP contribution in [0, 0.1) is 0 Å². The number of unbranched alkanes of at least 4 members (excludes halogenated alkanes) is 1. The van der Waals surface area contributed by atoms with Crippen LogP contribution in [0.2, 0.25) is 0 Å². The van der Waals surface area contributed by atoms with Crippen LogP contribution < -0.4 is 10.6 Å². The van der Waals surface area contributed by atoms with Gasteiger partial charge in [0.05, 0.1) is 0 Å². The van der Waals surface area contributed by atoms with Crippen molar-refractivity contribution in [3.63, 3.8) is 0 Å². The molecule has 1 aromatic rings. The highest BCUT2D eigenvalue weighted by Crippen LogP contribution is 2.23. The predicted molar refractivity (Wildman–Crippen MR) is 81.7 cm³/mol. The zero-order valence-corrected chi connectivity index (χ0v) is 12.3. The summed E-state index contributed by atoms with van der Waals surface area (Å²) in [6.45, 7) is 2.95. The van der Waals surface area contributed by atoms with Crippen LogP contribution in [0.5, 0.6) is 0 Å². The first kappa shape index (κ1) is 15.4.